The summed E-state index contributed by atoms with van der Waals surface area (Å²) in [7, 11) is 2.95. The number of fused-ring (bicyclic) bond motifs is 1. The minimum atomic E-state index is -4.54. The van der Waals surface area contributed by atoms with Gasteiger partial charge in [0.05, 0.1) is 25.3 Å². The van der Waals surface area contributed by atoms with E-state index in [4.69, 9.17) is 9.47 Å². The first-order chi connectivity index (χ1) is 14.8. The Labute approximate surface area is 177 Å². The summed E-state index contributed by atoms with van der Waals surface area (Å²) in [5.41, 5.74) is 0.746. The van der Waals surface area contributed by atoms with E-state index in [1.807, 2.05) is 0 Å². The summed E-state index contributed by atoms with van der Waals surface area (Å²) in [6.45, 7) is 0. The molecule has 0 bridgehead atoms. The standard InChI is InChI=1S/C23H19F3N2O3/c1-30-19-12-6-10-17(20(19)31-2)21-27-18-11-4-3-9-16(18)22(29)28(21)15-8-5-7-14(13-15)23(24,25)26/h3-13,21,27H,1-2H3/t21-/m1/s1. The molecule has 5 nitrogen and oxygen atoms in total. The number of hydrogen-bond donors (Lipinski definition) is 1. The molecule has 8 heteroatoms. The van der Waals surface area contributed by atoms with Crippen LogP contribution in [0.5, 0.6) is 11.5 Å². The lowest BCUT2D eigenvalue weighted by molar-refractivity contribution is -0.137. The second kappa shape index (κ2) is 7.86. The van der Waals surface area contributed by atoms with Gasteiger partial charge in [0.2, 0.25) is 0 Å². The van der Waals surface area contributed by atoms with Crippen LogP contribution in [0.3, 0.4) is 0 Å². The van der Waals surface area contributed by atoms with Crippen LogP contribution in [0.25, 0.3) is 0 Å². The van der Waals surface area contributed by atoms with Gasteiger partial charge in [-0.1, -0.05) is 30.3 Å². The number of carbonyl (C=O) groups excluding carboxylic acids is 1. The number of halogens is 3. The van der Waals surface area contributed by atoms with Crippen molar-refractivity contribution in [1.29, 1.82) is 0 Å². The van der Waals surface area contributed by atoms with Crippen molar-refractivity contribution >= 4 is 17.3 Å². The van der Waals surface area contributed by atoms with E-state index in [9.17, 15) is 18.0 Å². The van der Waals surface area contributed by atoms with Gasteiger partial charge >= 0.3 is 6.18 Å². The van der Waals surface area contributed by atoms with Gasteiger partial charge in [0.1, 0.15) is 6.17 Å². The predicted octanol–water partition coefficient (Wildman–Crippen LogP) is 5.49. The van der Waals surface area contributed by atoms with E-state index in [-0.39, 0.29) is 5.69 Å². The molecule has 0 unspecified atom stereocenters. The molecule has 0 saturated heterocycles. The van der Waals surface area contributed by atoms with Crippen molar-refractivity contribution in [2.24, 2.45) is 0 Å². The van der Waals surface area contributed by atoms with Crippen molar-refractivity contribution in [2.45, 2.75) is 12.3 Å². The van der Waals surface area contributed by atoms with Gasteiger partial charge < -0.3 is 14.8 Å². The Balaban J connectivity index is 1.92. The number of carbonyl (C=O) groups is 1. The van der Waals surface area contributed by atoms with Crippen molar-refractivity contribution in [1.82, 2.24) is 0 Å². The molecule has 1 amide bonds. The van der Waals surface area contributed by atoms with Gasteiger partial charge in [-0.05, 0) is 36.4 Å². The summed E-state index contributed by atoms with van der Waals surface area (Å²) < 4.78 is 50.9. The minimum Gasteiger partial charge on any atom is -0.493 e. The molecule has 0 aliphatic carbocycles. The SMILES string of the molecule is COc1cccc([C@@H]2Nc3ccccc3C(=O)N2c2cccc(C(F)(F)F)c2)c1OC. The minimum absolute atomic E-state index is 0.108. The maximum absolute atomic E-state index is 13.4. The van der Waals surface area contributed by atoms with Gasteiger partial charge in [-0.15, -0.1) is 0 Å². The molecule has 3 aromatic rings. The number of benzene rings is 3. The summed E-state index contributed by atoms with van der Waals surface area (Å²) in [4.78, 5) is 14.7. The van der Waals surface area contributed by atoms with Gasteiger partial charge in [0.25, 0.3) is 5.91 Å². The second-order valence-electron chi connectivity index (χ2n) is 6.90. The number of ether oxygens (including phenoxy) is 2. The number of rotatable bonds is 4. The van der Waals surface area contributed by atoms with Crippen LogP contribution in [0.1, 0.15) is 27.7 Å². The lowest BCUT2D eigenvalue weighted by atomic mass is 10.0. The molecular weight excluding hydrogens is 409 g/mol. The van der Waals surface area contributed by atoms with Crippen LogP contribution in [0.2, 0.25) is 0 Å². The smallest absolute Gasteiger partial charge is 0.416 e. The normalized spacial score (nSPS) is 15.8. The lowest BCUT2D eigenvalue weighted by Gasteiger charge is -2.39. The largest absolute Gasteiger partial charge is 0.493 e. The third-order valence-electron chi connectivity index (χ3n) is 5.11. The average molecular weight is 428 g/mol. The highest BCUT2D eigenvalue weighted by Gasteiger charge is 2.38. The maximum Gasteiger partial charge on any atom is 0.416 e. The van der Waals surface area contributed by atoms with E-state index in [1.54, 1.807) is 42.5 Å². The van der Waals surface area contributed by atoms with Crippen molar-refractivity contribution in [3.8, 4) is 11.5 Å². The molecule has 1 heterocycles. The number of hydrogen-bond acceptors (Lipinski definition) is 4. The molecular formula is C23H19F3N2O3. The molecule has 31 heavy (non-hydrogen) atoms. The molecule has 0 radical (unpaired) electrons. The van der Waals surface area contributed by atoms with Gasteiger partial charge in [-0.3, -0.25) is 9.69 Å². The number of nitrogens with one attached hydrogen (secondary N) is 1. The first-order valence-electron chi connectivity index (χ1n) is 9.42. The molecule has 0 spiro atoms. The quantitative estimate of drug-likeness (QED) is 0.597. The summed E-state index contributed by atoms with van der Waals surface area (Å²) in [6, 6.07) is 16.7. The van der Waals surface area contributed by atoms with Crippen molar-refractivity contribution < 1.29 is 27.4 Å². The fourth-order valence-corrected chi connectivity index (χ4v) is 3.70. The van der Waals surface area contributed by atoms with Gasteiger partial charge in [-0.25, -0.2) is 0 Å². The zero-order valence-corrected chi connectivity index (χ0v) is 16.7. The van der Waals surface area contributed by atoms with Crippen molar-refractivity contribution in [3.05, 3.63) is 83.4 Å². The van der Waals surface area contributed by atoms with Crippen molar-refractivity contribution in [3.63, 3.8) is 0 Å². The van der Waals surface area contributed by atoms with E-state index < -0.39 is 23.8 Å². The first-order valence-corrected chi connectivity index (χ1v) is 9.42. The fraction of sp³-hybridized carbons (Fsp3) is 0.174. The summed E-state index contributed by atoms with van der Waals surface area (Å²) in [5.74, 6) is 0.396. The molecule has 0 saturated carbocycles. The molecule has 4 rings (SSSR count). The van der Waals surface area contributed by atoms with Gasteiger partial charge in [-0.2, -0.15) is 13.2 Å². The number of alkyl halides is 3. The monoisotopic (exact) mass is 428 g/mol. The highest BCUT2D eigenvalue weighted by Crippen LogP contribution is 2.43. The second-order valence-corrected chi connectivity index (χ2v) is 6.90. The zero-order chi connectivity index (χ0) is 22.2. The Bertz CT molecular complexity index is 1130. The first kappa shape index (κ1) is 20.6. The predicted molar refractivity (Wildman–Crippen MR) is 111 cm³/mol. The molecule has 1 aliphatic heterocycles. The van der Waals surface area contributed by atoms with Gasteiger partial charge in [0.15, 0.2) is 11.5 Å². The number of para-hydroxylation sites is 2. The Morgan fingerprint density at radius 2 is 1.68 bits per heavy atom. The summed E-state index contributed by atoms with van der Waals surface area (Å²) in [6.07, 6.45) is -5.36. The average Bonchev–Trinajstić information content (AvgIpc) is 2.78. The molecule has 0 aromatic heterocycles. The Morgan fingerprint density at radius 3 is 2.39 bits per heavy atom. The zero-order valence-electron chi connectivity index (χ0n) is 16.7. The topological polar surface area (TPSA) is 50.8 Å². The van der Waals surface area contributed by atoms with E-state index in [0.29, 0.717) is 28.3 Å². The summed E-state index contributed by atoms with van der Waals surface area (Å²) >= 11 is 0. The lowest BCUT2D eigenvalue weighted by Crippen LogP contribution is -2.43. The van der Waals surface area contributed by atoms with E-state index >= 15 is 0 Å². The molecule has 3 aromatic carbocycles. The van der Waals surface area contributed by atoms with Crippen LogP contribution in [-0.2, 0) is 6.18 Å². The van der Waals surface area contributed by atoms with Crippen LogP contribution in [0.15, 0.2) is 66.7 Å². The van der Waals surface area contributed by atoms with E-state index in [1.165, 1.54) is 31.3 Å². The maximum atomic E-state index is 13.4. The molecule has 0 fully saturated rings. The molecule has 1 N–H and O–H groups in total. The molecule has 1 atom stereocenters. The third-order valence-corrected chi connectivity index (χ3v) is 5.11. The Hall–Kier alpha value is -3.68. The van der Waals surface area contributed by atoms with Crippen LogP contribution in [0, 0.1) is 0 Å². The highest BCUT2D eigenvalue weighted by molar-refractivity contribution is 6.12. The van der Waals surface area contributed by atoms with Crippen molar-refractivity contribution in [2.75, 3.05) is 24.4 Å². The number of methoxy groups -OCH3 is 2. The number of anilines is 2. The molecule has 160 valence electrons. The fourth-order valence-electron chi connectivity index (χ4n) is 3.70. The summed E-state index contributed by atoms with van der Waals surface area (Å²) in [5, 5.41) is 3.26. The van der Waals surface area contributed by atoms with Crippen LogP contribution in [-0.4, -0.2) is 20.1 Å². The van der Waals surface area contributed by atoms with Crippen LogP contribution < -0.4 is 19.7 Å². The number of amides is 1. The number of nitrogens with zero attached hydrogens (tertiary/aromatic N) is 1. The highest BCUT2D eigenvalue weighted by atomic mass is 19.4. The van der Waals surface area contributed by atoms with Crippen LogP contribution in [0.4, 0.5) is 24.5 Å². The van der Waals surface area contributed by atoms with Gasteiger partial charge in [0, 0.05) is 16.9 Å². The third kappa shape index (κ3) is 3.65. The molecule has 1 aliphatic rings. The van der Waals surface area contributed by atoms with E-state index in [0.717, 1.165) is 12.1 Å². The van der Waals surface area contributed by atoms with E-state index in [2.05, 4.69) is 5.32 Å². The Morgan fingerprint density at radius 1 is 0.935 bits per heavy atom. The Kier molecular flexibility index (Phi) is 5.22. The van der Waals surface area contributed by atoms with Crippen LogP contribution >= 0.6 is 0 Å².